The molecular formula is C15H17NO2S. The summed E-state index contributed by atoms with van der Waals surface area (Å²) in [5.41, 5.74) is 4.29. The van der Waals surface area contributed by atoms with Crippen molar-refractivity contribution in [2.45, 2.75) is 27.7 Å². The van der Waals surface area contributed by atoms with Gasteiger partial charge < -0.3 is 0 Å². The molecule has 1 aromatic rings. The number of imide groups is 1. The quantitative estimate of drug-likeness (QED) is 0.771. The summed E-state index contributed by atoms with van der Waals surface area (Å²) >= 11 is 1.04. The first-order chi connectivity index (χ1) is 8.95. The highest BCUT2D eigenvalue weighted by atomic mass is 32.2. The lowest BCUT2D eigenvalue weighted by atomic mass is 10.0. The summed E-state index contributed by atoms with van der Waals surface area (Å²) < 4.78 is 0. The van der Waals surface area contributed by atoms with Gasteiger partial charge in [-0.1, -0.05) is 18.2 Å². The number of aryl methyl sites for hydroxylation is 2. The van der Waals surface area contributed by atoms with Crippen LogP contribution in [-0.2, 0) is 4.79 Å². The number of hydrogen-bond donors (Lipinski definition) is 0. The van der Waals surface area contributed by atoms with E-state index in [4.69, 9.17) is 0 Å². The van der Waals surface area contributed by atoms with E-state index in [0.29, 0.717) is 11.4 Å². The van der Waals surface area contributed by atoms with E-state index in [-0.39, 0.29) is 11.1 Å². The number of hydrogen-bond acceptors (Lipinski definition) is 3. The SMILES string of the molecule is CCN1C(=O)S/C(=C(/C)c2ccc(C)c(C)c2)C1=O. The maximum atomic E-state index is 12.1. The van der Waals surface area contributed by atoms with Crippen LogP contribution < -0.4 is 0 Å². The lowest BCUT2D eigenvalue weighted by Gasteiger charge is -2.09. The molecule has 1 aromatic carbocycles. The topological polar surface area (TPSA) is 37.4 Å². The predicted molar refractivity (Wildman–Crippen MR) is 78.9 cm³/mol. The molecule has 0 N–H and O–H groups in total. The number of allylic oxidation sites excluding steroid dienone is 1. The molecule has 0 radical (unpaired) electrons. The largest absolute Gasteiger partial charge is 0.293 e. The van der Waals surface area contributed by atoms with E-state index < -0.39 is 0 Å². The fraction of sp³-hybridized carbons (Fsp3) is 0.333. The summed E-state index contributed by atoms with van der Waals surface area (Å²) in [7, 11) is 0. The standard InChI is InChI=1S/C15H17NO2S/c1-5-16-14(17)13(19-15(16)18)11(4)12-7-6-9(2)10(3)8-12/h6-8H,5H2,1-4H3/b13-11-. The van der Waals surface area contributed by atoms with Gasteiger partial charge in [0.2, 0.25) is 0 Å². The number of thioether (sulfide) groups is 1. The molecule has 0 aliphatic carbocycles. The fourth-order valence-electron chi connectivity index (χ4n) is 2.01. The summed E-state index contributed by atoms with van der Waals surface area (Å²) in [4.78, 5) is 25.7. The van der Waals surface area contributed by atoms with Gasteiger partial charge in [0.05, 0.1) is 4.91 Å². The molecule has 19 heavy (non-hydrogen) atoms. The Hall–Kier alpha value is -1.55. The smallest absolute Gasteiger partial charge is 0.269 e. The Morgan fingerprint density at radius 1 is 1.21 bits per heavy atom. The zero-order chi connectivity index (χ0) is 14.2. The molecule has 0 atom stereocenters. The average molecular weight is 275 g/mol. The number of amides is 2. The van der Waals surface area contributed by atoms with Crippen LogP contribution in [0.4, 0.5) is 4.79 Å². The summed E-state index contributed by atoms with van der Waals surface area (Å²) in [6.07, 6.45) is 0. The van der Waals surface area contributed by atoms with Crippen LogP contribution in [0.2, 0.25) is 0 Å². The molecule has 1 saturated heterocycles. The molecule has 1 fully saturated rings. The Morgan fingerprint density at radius 2 is 1.89 bits per heavy atom. The molecule has 0 unspecified atom stereocenters. The van der Waals surface area contributed by atoms with E-state index in [1.807, 2.05) is 32.9 Å². The minimum Gasteiger partial charge on any atom is -0.269 e. The van der Waals surface area contributed by atoms with Crippen molar-refractivity contribution >= 4 is 28.5 Å². The first-order valence-corrected chi connectivity index (χ1v) is 7.09. The predicted octanol–water partition coefficient (Wildman–Crippen LogP) is 3.75. The van der Waals surface area contributed by atoms with Gasteiger partial charge in [-0.3, -0.25) is 14.5 Å². The third-order valence-electron chi connectivity index (χ3n) is 3.45. The maximum Gasteiger partial charge on any atom is 0.293 e. The van der Waals surface area contributed by atoms with Crippen molar-refractivity contribution in [3.8, 4) is 0 Å². The Kier molecular flexibility index (Phi) is 3.80. The summed E-state index contributed by atoms with van der Waals surface area (Å²) in [6.45, 7) is 8.24. The van der Waals surface area contributed by atoms with Gasteiger partial charge in [0.25, 0.3) is 11.1 Å². The van der Waals surface area contributed by atoms with Crippen LogP contribution in [0, 0.1) is 13.8 Å². The number of likely N-dealkylation sites (N-methyl/N-ethyl adjacent to an activating group) is 1. The van der Waals surface area contributed by atoms with E-state index in [0.717, 1.165) is 22.9 Å². The highest BCUT2D eigenvalue weighted by Gasteiger charge is 2.35. The Labute approximate surface area is 117 Å². The number of nitrogens with zero attached hydrogens (tertiary/aromatic N) is 1. The van der Waals surface area contributed by atoms with Gasteiger partial charge in [0.1, 0.15) is 0 Å². The number of benzene rings is 1. The van der Waals surface area contributed by atoms with E-state index in [9.17, 15) is 9.59 Å². The van der Waals surface area contributed by atoms with Crippen LogP contribution in [0.1, 0.15) is 30.5 Å². The zero-order valence-electron chi connectivity index (χ0n) is 11.6. The molecule has 0 aromatic heterocycles. The third-order valence-corrected chi connectivity index (χ3v) is 4.53. The van der Waals surface area contributed by atoms with Crippen LogP contribution in [-0.4, -0.2) is 22.6 Å². The molecule has 100 valence electrons. The molecule has 0 spiro atoms. The lowest BCUT2D eigenvalue weighted by molar-refractivity contribution is -0.122. The van der Waals surface area contributed by atoms with Crippen LogP contribution >= 0.6 is 11.8 Å². The molecule has 0 saturated carbocycles. The first kappa shape index (κ1) is 13.9. The van der Waals surface area contributed by atoms with Gasteiger partial charge in [-0.15, -0.1) is 0 Å². The van der Waals surface area contributed by atoms with Crippen LogP contribution in [0.5, 0.6) is 0 Å². The maximum absolute atomic E-state index is 12.1. The van der Waals surface area contributed by atoms with Crippen molar-refractivity contribution in [1.82, 2.24) is 4.90 Å². The molecule has 1 aliphatic heterocycles. The molecular weight excluding hydrogens is 258 g/mol. The number of carbonyl (C=O) groups excluding carboxylic acids is 2. The number of rotatable bonds is 2. The molecule has 2 amide bonds. The van der Waals surface area contributed by atoms with Gasteiger partial charge in [-0.2, -0.15) is 0 Å². The normalized spacial score (nSPS) is 18.2. The highest BCUT2D eigenvalue weighted by Crippen LogP contribution is 2.36. The number of carbonyl (C=O) groups is 2. The Bertz CT molecular complexity index is 590. The van der Waals surface area contributed by atoms with Crippen molar-refractivity contribution in [3.63, 3.8) is 0 Å². The molecule has 1 aliphatic rings. The third kappa shape index (κ3) is 2.45. The first-order valence-electron chi connectivity index (χ1n) is 6.28. The molecule has 4 heteroatoms. The second-order valence-electron chi connectivity index (χ2n) is 4.67. The van der Waals surface area contributed by atoms with Gasteiger partial charge in [0.15, 0.2) is 0 Å². The van der Waals surface area contributed by atoms with Crippen molar-refractivity contribution in [1.29, 1.82) is 0 Å². The van der Waals surface area contributed by atoms with Crippen LogP contribution in [0.25, 0.3) is 5.57 Å². The summed E-state index contributed by atoms with van der Waals surface area (Å²) in [5, 5.41) is -0.175. The Balaban J connectivity index is 2.45. The average Bonchev–Trinajstić information content (AvgIpc) is 2.67. The molecule has 1 heterocycles. The molecule has 2 rings (SSSR count). The second kappa shape index (κ2) is 5.21. The molecule has 3 nitrogen and oxygen atoms in total. The van der Waals surface area contributed by atoms with Gasteiger partial charge in [-0.25, -0.2) is 0 Å². The minimum atomic E-state index is -0.175. The second-order valence-corrected chi connectivity index (χ2v) is 5.63. The van der Waals surface area contributed by atoms with Crippen molar-refractivity contribution in [3.05, 3.63) is 39.8 Å². The zero-order valence-corrected chi connectivity index (χ0v) is 12.4. The lowest BCUT2D eigenvalue weighted by Crippen LogP contribution is -2.27. The van der Waals surface area contributed by atoms with Crippen molar-refractivity contribution in [2.24, 2.45) is 0 Å². The van der Waals surface area contributed by atoms with E-state index in [2.05, 4.69) is 13.0 Å². The van der Waals surface area contributed by atoms with E-state index in [1.54, 1.807) is 0 Å². The fourth-order valence-corrected chi connectivity index (χ4v) is 2.97. The summed E-state index contributed by atoms with van der Waals surface area (Å²) in [5.74, 6) is -0.173. The Morgan fingerprint density at radius 3 is 2.42 bits per heavy atom. The van der Waals surface area contributed by atoms with Crippen LogP contribution in [0.15, 0.2) is 23.1 Å². The highest BCUT2D eigenvalue weighted by molar-refractivity contribution is 8.18. The molecule has 0 bridgehead atoms. The minimum absolute atomic E-state index is 0.173. The van der Waals surface area contributed by atoms with Gasteiger partial charge in [-0.05, 0) is 61.7 Å². The monoisotopic (exact) mass is 275 g/mol. The van der Waals surface area contributed by atoms with Crippen molar-refractivity contribution in [2.75, 3.05) is 6.54 Å². The summed E-state index contributed by atoms with van der Waals surface area (Å²) in [6, 6.07) is 6.10. The van der Waals surface area contributed by atoms with Gasteiger partial charge in [0, 0.05) is 6.54 Å². The van der Waals surface area contributed by atoms with Crippen molar-refractivity contribution < 1.29 is 9.59 Å². The van der Waals surface area contributed by atoms with Crippen LogP contribution in [0.3, 0.4) is 0 Å². The van der Waals surface area contributed by atoms with E-state index in [1.165, 1.54) is 16.0 Å². The van der Waals surface area contributed by atoms with E-state index >= 15 is 0 Å². The van der Waals surface area contributed by atoms with Gasteiger partial charge >= 0.3 is 0 Å².